The van der Waals surface area contributed by atoms with E-state index >= 15 is 0 Å². The van der Waals surface area contributed by atoms with Crippen molar-refractivity contribution in [2.24, 2.45) is 5.92 Å². The first-order valence-corrected chi connectivity index (χ1v) is 4.53. The second kappa shape index (κ2) is 3.96. The molecule has 0 N–H and O–H groups in total. The first-order chi connectivity index (χ1) is 6.02. The summed E-state index contributed by atoms with van der Waals surface area (Å²) in [5.74, 6) is 0.541. The van der Waals surface area contributed by atoms with Crippen molar-refractivity contribution in [2.45, 2.75) is 12.5 Å². The molecule has 0 unspecified atom stereocenters. The topological polar surface area (TPSA) is 32.8 Å². The van der Waals surface area contributed by atoms with E-state index in [0.717, 1.165) is 6.42 Å². The molecule has 0 aliphatic heterocycles. The molecule has 1 aliphatic rings. The zero-order valence-corrected chi connectivity index (χ0v) is 8.78. The van der Waals surface area contributed by atoms with Gasteiger partial charge in [0.25, 0.3) is 0 Å². The number of carbonyl (C=O) groups is 1. The van der Waals surface area contributed by atoms with Crippen LogP contribution < -0.4 is 0 Å². The Labute approximate surface area is 79.4 Å². The van der Waals surface area contributed by atoms with Crippen LogP contribution in [0.4, 0.5) is 4.79 Å². The van der Waals surface area contributed by atoms with E-state index in [1.807, 2.05) is 0 Å². The summed E-state index contributed by atoms with van der Waals surface area (Å²) in [4.78, 5) is 14.7. The summed E-state index contributed by atoms with van der Waals surface area (Å²) in [5, 5.41) is 0. The molecular formula is C9H18N2O2. The van der Waals surface area contributed by atoms with Crippen LogP contribution in [0.15, 0.2) is 0 Å². The van der Waals surface area contributed by atoms with Gasteiger partial charge in [-0.3, -0.25) is 0 Å². The van der Waals surface area contributed by atoms with Crippen molar-refractivity contribution in [1.82, 2.24) is 9.80 Å². The molecule has 0 aromatic rings. The summed E-state index contributed by atoms with van der Waals surface area (Å²) >= 11 is 0. The number of carbonyl (C=O) groups excluding carboxylic acids is 1. The summed E-state index contributed by atoms with van der Waals surface area (Å²) in [5.41, 5.74) is 0. The molecule has 0 radical (unpaired) electrons. The second-order valence-electron chi connectivity index (χ2n) is 4.00. The van der Waals surface area contributed by atoms with Gasteiger partial charge in [-0.1, -0.05) is 0 Å². The van der Waals surface area contributed by atoms with Crippen molar-refractivity contribution in [2.75, 3.05) is 34.8 Å². The number of hydrogen-bond acceptors (Lipinski definition) is 3. The molecule has 1 amide bonds. The summed E-state index contributed by atoms with van der Waals surface area (Å²) in [6, 6.07) is 0.606. The number of amides is 1. The summed E-state index contributed by atoms with van der Waals surface area (Å²) in [6.07, 6.45) is 0.901. The fourth-order valence-corrected chi connectivity index (χ4v) is 1.35. The largest absolute Gasteiger partial charge is 0.449 e. The van der Waals surface area contributed by atoms with E-state index in [4.69, 9.17) is 4.74 Å². The van der Waals surface area contributed by atoms with Crippen molar-refractivity contribution in [3.05, 3.63) is 0 Å². The monoisotopic (exact) mass is 186 g/mol. The normalized spacial score (nSPS) is 25.9. The Kier molecular flexibility index (Phi) is 3.14. The van der Waals surface area contributed by atoms with Gasteiger partial charge in [-0.25, -0.2) is 4.79 Å². The standard InChI is InChI=1S/C9H18N2O2/c1-10(2)8-5-7(8)6-13-9(12)11(3)4/h7-8H,5-6H2,1-4H3/t7-,8+/m1/s1. The van der Waals surface area contributed by atoms with Gasteiger partial charge in [0.05, 0.1) is 6.61 Å². The van der Waals surface area contributed by atoms with Gasteiger partial charge in [-0.15, -0.1) is 0 Å². The molecule has 1 aliphatic carbocycles. The minimum Gasteiger partial charge on any atom is -0.449 e. The molecule has 0 aromatic carbocycles. The fraction of sp³-hybridized carbons (Fsp3) is 0.889. The molecule has 0 heterocycles. The average Bonchev–Trinajstić information content (AvgIpc) is 2.78. The van der Waals surface area contributed by atoms with E-state index < -0.39 is 0 Å². The Hall–Kier alpha value is -0.770. The lowest BCUT2D eigenvalue weighted by atomic mass is 10.4. The van der Waals surface area contributed by atoms with Crippen LogP contribution in [-0.2, 0) is 4.74 Å². The molecule has 4 heteroatoms. The van der Waals surface area contributed by atoms with Crippen molar-refractivity contribution in [1.29, 1.82) is 0 Å². The number of ether oxygens (including phenoxy) is 1. The van der Waals surface area contributed by atoms with Gasteiger partial charge in [0.15, 0.2) is 0 Å². The molecule has 0 spiro atoms. The minimum absolute atomic E-state index is 0.246. The van der Waals surface area contributed by atoms with E-state index in [1.54, 1.807) is 14.1 Å². The SMILES string of the molecule is CN(C)C(=O)OC[C@H]1C[C@@H]1N(C)C. The highest BCUT2D eigenvalue weighted by Gasteiger charge is 2.39. The van der Waals surface area contributed by atoms with Gasteiger partial charge >= 0.3 is 6.09 Å². The molecule has 0 bridgehead atoms. The van der Waals surface area contributed by atoms with Crippen LogP contribution in [-0.4, -0.2) is 56.7 Å². The van der Waals surface area contributed by atoms with Crippen molar-refractivity contribution >= 4 is 6.09 Å². The first-order valence-electron chi connectivity index (χ1n) is 4.53. The number of rotatable bonds is 3. The first kappa shape index (κ1) is 10.3. The predicted octanol–water partition coefficient (Wildman–Crippen LogP) is 0.635. The maximum absolute atomic E-state index is 11.0. The lowest BCUT2D eigenvalue weighted by Gasteiger charge is -2.12. The van der Waals surface area contributed by atoms with E-state index in [0.29, 0.717) is 18.6 Å². The molecule has 2 atom stereocenters. The summed E-state index contributed by atoms with van der Waals surface area (Å²) < 4.78 is 5.07. The summed E-state index contributed by atoms with van der Waals surface area (Å²) in [7, 11) is 7.49. The van der Waals surface area contributed by atoms with E-state index in [2.05, 4.69) is 19.0 Å². The smallest absolute Gasteiger partial charge is 0.409 e. The van der Waals surface area contributed by atoms with Crippen molar-refractivity contribution < 1.29 is 9.53 Å². The van der Waals surface area contributed by atoms with Crippen LogP contribution >= 0.6 is 0 Å². The lowest BCUT2D eigenvalue weighted by molar-refractivity contribution is 0.111. The Morgan fingerprint density at radius 1 is 1.38 bits per heavy atom. The molecule has 13 heavy (non-hydrogen) atoms. The summed E-state index contributed by atoms with van der Waals surface area (Å²) in [6.45, 7) is 0.555. The molecule has 0 saturated heterocycles. The maximum atomic E-state index is 11.0. The van der Waals surface area contributed by atoms with E-state index in [-0.39, 0.29) is 6.09 Å². The second-order valence-corrected chi connectivity index (χ2v) is 4.00. The van der Waals surface area contributed by atoms with Gasteiger partial charge in [0.1, 0.15) is 0 Å². The number of hydrogen-bond donors (Lipinski definition) is 0. The van der Waals surface area contributed by atoms with Crippen LogP contribution in [0.25, 0.3) is 0 Å². The Morgan fingerprint density at radius 3 is 2.38 bits per heavy atom. The van der Waals surface area contributed by atoms with Crippen LogP contribution in [0.1, 0.15) is 6.42 Å². The maximum Gasteiger partial charge on any atom is 0.409 e. The quantitative estimate of drug-likeness (QED) is 0.648. The third kappa shape index (κ3) is 2.88. The molecule has 0 aromatic heterocycles. The van der Waals surface area contributed by atoms with Gasteiger partial charge in [-0.05, 0) is 20.5 Å². The van der Waals surface area contributed by atoms with Crippen LogP contribution in [0.2, 0.25) is 0 Å². The molecule has 4 nitrogen and oxygen atoms in total. The van der Waals surface area contributed by atoms with Crippen LogP contribution in [0, 0.1) is 5.92 Å². The third-order valence-corrected chi connectivity index (χ3v) is 2.33. The highest BCUT2D eigenvalue weighted by Crippen LogP contribution is 2.34. The molecule has 76 valence electrons. The van der Waals surface area contributed by atoms with Crippen LogP contribution in [0.5, 0.6) is 0 Å². The third-order valence-electron chi connectivity index (χ3n) is 2.33. The lowest BCUT2D eigenvalue weighted by Crippen LogP contribution is -2.25. The minimum atomic E-state index is -0.246. The zero-order chi connectivity index (χ0) is 10.0. The van der Waals surface area contributed by atoms with E-state index in [1.165, 1.54) is 4.90 Å². The molecule has 1 fully saturated rings. The van der Waals surface area contributed by atoms with Gasteiger partial charge in [-0.2, -0.15) is 0 Å². The zero-order valence-electron chi connectivity index (χ0n) is 8.78. The van der Waals surface area contributed by atoms with Crippen molar-refractivity contribution in [3.8, 4) is 0 Å². The van der Waals surface area contributed by atoms with Crippen molar-refractivity contribution in [3.63, 3.8) is 0 Å². The average molecular weight is 186 g/mol. The fourth-order valence-electron chi connectivity index (χ4n) is 1.35. The molecule has 1 saturated carbocycles. The van der Waals surface area contributed by atoms with Gasteiger partial charge < -0.3 is 14.5 Å². The van der Waals surface area contributed by atoms with Gasteiger partial charge in [0.2, 0.25) is 0 Å². The van der Waals surface area contributed by atoms with E-state index in [9.17, 15) is 4.79 Å². The predicted molar refractivity (Wildman–Crippen MR) is 50.6 cm³/mol. The van der Waals surface area contributed by atoms with Gasteiger partial charge in [0, 0.05) is 26.1 Å². The van der Waals surface area contributed by atoms with Crippen LogP contribution in [0.3, 0.4) is 0 Å². The Balaban J connectivity index is 2.12. The Bertz CT molecular complexity index is 192. The highest BCUT2D eigenvalue weighted by atomic mass is 16.6. The molecular weight excluding hydrogens is 168 g/mol. The Morgan fingerprint density at radius 2 is 2.00 bits per heavy atom. The molecule has 1 rings (SSSR count). The number of nitrogens with zero attached hydrogens (tertiary/aromatic N) is 2. The highest BCUT2D eigenvalue weighted by molar-refractivity contribution is 5.66.